The maximum atomic E-state index is 4.80. The fourth-order valence-electron chi connectivity index (χ4n) is 2.98. The normalized spacial score (nSPS) is 10.4. The first-order valence-corrected chi connectivity index (χ1v) is 16.4. The number of nitrogens with zero attached hydrogens (tertiary/aromatic N) is 1. The van der Waals surface area contributed by atoms with Crippen LogP contribution in [0.1, 0.15) is 59.3 Å². The van der Waals surface area contributed by atoms with Gasteiger partial charge in [0, 0.05) is 0 Å². The van der Waals surface area contributed by atoms with E-state index in [-0.39, 0.29) is 12.4 Å². The zero-order valence-corrected chi connectivity index (χ0v) is 18.8. The van der Waals surface area contributed by atoms with Gasteiger partial charge in [-0.05, 0) is 0 Å². The zero-order chi connectivity index (χ0) is 16.0. The molecule has 0 atom stereocenters. The summed E-state index contributed by atoms with van der Waals surface area (Å²) < 4.78 is 6.10. The topological polar surface area (TPSA) is 40.5 Å². The molecule has 1 heterocycles. The Bertz CT molecular complexity index is 311. The molecule has 0 spiro atoms. The summed E-state index contributed by atoms with van der Waals surface area (Å²) in [6, 6.07) is 6.62. The van der Waals surface area contributed by atoms with Gasteiger partial charge in [0.05, 0.1) is 7.05 Å². The second-order valence-corrected chi connectivity index (χ2v) is 18.9. The molecule has 0 aromatic carbocycles. The van der Waals surface area contributed by atoms with E-state index in [1.807, 2.05) is 6.20 Å². The molecule has 0 unspecified atom stereocenters. The van der Waals surface area contributed by atoms with E-state index in [1.54, 1.807) is 10.8 Å². The van der Waals surface area contributed by atoms with Crippen molar-refractivity contribution in [3.63, 3.8) is 0 Å². The van der Waals surface area contributed by atoms with E-state index in [4.69, 9.17) is 4.98 Å². The number of hydrogen-bond acceptors (Lipinski definition) is 1. The fourth-order valence-corrected chi connectivity index (χ4v) is 18.4. The molecule has 2 nitrogen and oxygen atoms in total. The minimum absolute atomic E-state index is 0. The molecule has 0 amide bonds. The van der Waals surface area contributed by atoms with Crippen LogP contribution in [0.4, 0.5) is 0 Å². The average molecular weight is 436 g/mol. The maximum absolute atomic E-state index is 4.80. The molecule has 130 valence electrons. The molecule has 1 aromatic rings. The summed E-state index contributed by atoms with van der Waals surface area (Å²) in [5.41, 5.74) is 3.25. The van der Waals surface area contributed by atoms with Gasteiger partial charge in [-0.1, -0.05) is 0 Å². The third-order valence-corrected chi connectivity index (χ3v) is 19.4. The Hall–Kier alpha value is 0.199. The van der Waals surface area contributed by atoms with Gasteiger partial charge in [0.2, 0.25) is 0 Å². The van der Waals surface area contributed by atoms with E-state index < -0.39 is 18.4 Å². The van der Waals surface area contributed by atoms with Gasteiger partial charge >= 0.3 is 124 Å². The monoisotopic (exact) mass is 436 g/mol. The SMILES string of the molecule is CCC[CH2][Sn]([CH2]CCC)([CH2]CCC)[c]1ccccn1.C[NH3+].[Cl-]. The number of quaternary nitrogens is 1. The van der Waals surface area contributed by atoms with Gasteiger partial charge < -0.3 is 18.1 Å². The number of hydrogen-bond donors (Lipinski definition) is 1. The Morgan fingerprint density at radius 2 is 1.32 bits per heavy atom. The van der Waals surface area contributed by atoms with E-state index in [9.17, 15) is 0 Å². The summed E-state index contributed by atoms with van der Waals surface area (Å²) in [5, 5.41) is 0. The number of pyridine rings is 1. The first-order valence-electron chi connectivity index (χ1n) is 8.91. The first-order chi connectivity index (χ1) is 10.3. The van der Waals surface area contributed by atoms with E-state index in [0.29, 0.717) is 0 Å². The fraction of sp³-hybridized carbons (Fsp3) is 0.722. The predicted molar refractivity (Wildman–Crippen MR) is 97.6 cm³/mol. The molecule has 1 rings (SSSR count). The van der Waals surface area contributed by atoms with E-state index in [1.165, 1.54) is 51.8 Å². The third kappa shape index (κ3) is 8.73. The molecule has 0 radical (unpaired) electrons. The van der Waals surface area contributed by atoms with Crippen molar-refractivity contribution >= 4 is 22.1 Å². The molecule has 0 saturated heterocycles. The van der Waals surface area contributed by atoms with Crippen LogP contribution in [0.3, 0.4) is 0 Å². The van der Waals surface area contributed by atoms with E-state index >= 15 is 0 Å². The van der Waals surface area contributed by atoms with Crippen molar-refractivity contribution in [3.05, 3.63) is 24.4 Å². The molecular weight excluding hydrogens is 398 g/mol. The Kier molecular flexibility index (Phi) is 17.9. The molecule has 0 aliphatic rings. The van der Waals surface area contributed by atoms with Crippen molar-refractivity contribution in [2.24, 2.45) is 0 Å². The molecule has 0 aliphatic heterocycles. The molecule has 0 aliphatic carbocycles. The van der Waals surface area contributed by atoms with Crippen molar-refractivity contribution in [2.75, 3.05) is 7.05 Å². The summed E-state index contributed by atoms with van der Waals surface area (Å²) in [7, 11) is 1.75. The zero-order valence-electron chi connectivity index (χ0n) is 15.2. The van der Waals surface area contributed by atoms with Gasteiger partial charge in [0.1, 0.15) is 0 Å². The molecule has 4 heteroatoms. The van der Waals surface area contributed by atoms with Gasteiger partial charge in [-0.25, -0.2) is 0 Å². The molecule has 3 N–H and O–H groups in total. The summed E-state index contributed by atoms with van der Waals surface area (Å²) in [6.45, 7) is 6.98. The molecule has 0 fully saturated rings. The van der Waals surface area contributed by atoms with Crippen LogP contribution in [0, 0.1) is 0 Å². The van der Waals surface area contributed by atoms with Crippen LogP contribution >= 0.6 is 0 Å². The molecule has 1 aromatic heterocycles. The number of rotatable bonds is 10. The van der Waals surface area contributed by atoms with Crippen molar-refractivity contribution in [2.45, 2.75) is 72.6 Å². The van der Waals surface area contributed by atoms with Crippen LogP contribution in [-0.4, -0.2) is 30.4 Å². The van der Waals surface area contributed by atoms with Gasteiger partial charge in [0.25, 0.3) is 0 Å². The van der Waals surface area contributed by atoms with E-state index in [2.05, 4.69) is 44.7 Å². The van der Waals surface area contributed by atoms with Crippen LogP contribution < -0.4 is 21.9 Å². The Balaban J connectivity index is 0. The van der Waals surface area contributed by atoms with Crippen molar-refractivity contribution < 1.29 is 18.1 Å². The summed E-state index contributed by atoms with van der Waals surface area (Å²) in [4.78, 5) is 4.80. The standard InChI is InChI=1S/C5H4N.3C4H9.CH5N.ClH.Sn/c1-2-4-6-5-3-1;3*1-3-4-2;1-2;;/h1-4H;3*1,3-4H2,2H3;2H2,1H3;1H;. The Labute approximate surface area is 149 Å². The van der Waals surface area contributed by atoms with Crippen LogP contribution in [-0.2, 0) is 0 Å². The van der Waals surface area contributed by atoms with Crippen LogP contribution in [0.15, 0.2) is 24.4 Å². The van der Waals surface area contributed by atoms with Crippen molar-refractivity contribution in [1.29, 1.82) is 0 Å². The Morgan fingerprint density at radius 1 is 0.864 bits per heavy atom. The predicted octanol–water partition coefficient (Wildman–Crippen LogP) is 1.000. The quantitative estimate of drug-likeness (QED) is 0.548. The van der Waals surface area contributed by atoms with Crippen LogP contribution in [0.25, 0.3) is 0 Å². The maximum Gasteiger partial charge on any atom is 0.0634 e. The minimum atomic E-state index is -2.21. The summed E-state index contributed by atoms with van der Waals surface area (Å²) >= 11 is -2.21. The smallest absolute Gasteiger partial charge is 0.0634 e. The van der Waals surface area contributed by atoms with Crippen LogP contribution in [0.5, 0.6) is 0 Å². The van der Waals surface area contributed by atoms with Crippen molar-refractivity contribution in [3.8, 4) is 0 Å². The van der Waals surface area contributed by atoms with Gasteiger partial charge in [-0.15, -0.1) is 0 Å². The molecular formula is C18H37ClN2Sn. The summed E-state index contributed by atoms with van der Waals surface area (Å²) in [6.07, 6.45) is 10.3. The van der Waals surface area contributed by atoms with Crippen molar-refractivity contribution in [1.82, 2.24) is 4.98 Å². The largest absolute Gasteiger partial charge is 1.00 e. The molecule has 0 saturated carbocycles. The Morgan fingerprint density at radius 3 is 1.64 bits per heavy atom. The molecule has 0 bridgehead atoms. The van der Waals surface area contributed by atoms with Gasteiger partial charge in [-0.2, -0.15) is 0 Å². The van der Waals surface area contributed by atoms with Gasteiger partial charge in [-0.3, -0.25) is 0 Å². The average Bonchev–Trinajstić information content (AvgIpc) is 2.57. The minimum Gasteiger partial charge on any atom is -1.00 e. The molecule has 22 heavy (non-hydrogen) atoms. The number of halogens is 1. The number of aromatic nitrogens is 1. The van der Waals surface area contributed by atoms with E-state index in [0.717, 1.165) is 0 Å². The van der Waals surface area contributed by atoms with Gasteiger partial charge in [0.15, 0.2) is 0 Å². The summed E-state index contributed by atoms with van der Waals surface area (Å²) in [5.74, 6) is 0. The van der Waals surface area contributed by atoms with Crippen LogP contribution in [0.2, 0.25) is 13.3 Å². The second-order valence-electron chi connectivity index (χ2n) is 5.81. The third-order valence-electron chi connectivity index (χ3n) is 4.23. The second kappa shape index (κ2) is 16.1. The number of unbranched alkanes of at least 4 members (excludes halogenated alkanes) is 3. The first kappa shape index (κ1) is 24.5.